The van der Waals surface area contributed by atoms with Gasteiger partial charge in [0.1, 0.15) is 23.6 Å². The second-order valence-electron chi connectivity index (χ2n) is 10.9. The molecule has 10 nitrogen and oxygen atoms in total. The number of rotatable bonds is 9. The number of nitrogens with zero attached hydrogens (tertiary/aromatic N) is 3. The number of carbonyl (C=O) groups is 4. The molecule has 0 saturated carbocycles. The highest BCUT2D eigenvalue weighted by molar-refractivity contribution is 6.04. The van der Waals surface area contributed by atoms with Crippen molar-refractivity contribution in [3.63, 3.8) is 0 Å². The van der Waals surface area contributed by atoms with Crippen LogP contribution in [-0.4, -0.2) is 92.8 Å². The molecule has 2 aromatic rings. The predicted molar refractivity (Wildman–Crippen MR) is 151 cm³/mol. The molecular formula is C30H38N4O6. The highest BCUT2D eigenvalue weighted by Gasteiger charge is 2.52. The maximum absolute atomic E-state index is 13.8. The normalized spacial score (nSPS) is 18.9. The van der Waals surface area contributed by atoms with Crippen LogP contribution >= 0.6 is 0 Å². The second-order valence-corrected chi connectivity index (χ2v) is 10.9. The van der Waals surface area contributed by atoms with Crippen molar-refractivity contribution in [1.29, 1.82) is 0 Å². The fourth-order valence-electron chi connectivity index (χ4n) is 5.48. The van der Waals surface area contributed by atoms with E-state index in [-0.39, 0.29) is 36.0 Å². The molecule has 2 aliphatic rings. The van der Waals surface area contributed by atoms with Crippen molar-refractivity contribution in [2.75, 3.05) is 46.3 Å². The molecule has 214 valence electrons. The zero-order chi connectivity index (χ0) is 29.1. The summed E-state index contributed by atoms with van der Waals surface area (Å²) in [6, 6.07) is 10.1. The number of fused-ring (bicyclic) bond motifs is 1. The Balaban J connectivity index is 1.52. The number of methoxy groups -OCH3 is 2. The zero-order valence-corrected chi connectivity index (χ0v) is 24.0. The van der Waals surface area contributed by atoms with Gasteiger partial charge in [0.05, 0.1) is 26.8 Å². The van der Waals surface area contributed by atoms with Gasteiger partial charge >= 0.3 is 0 Å². The number of likely N-dealkylation sites (tertiary alicyclic amines) is 2. The Labute approximate surface area is 235 Å². The molecule has 0 bridgehead atoms. The van der Waals surface area contributed by atoms with Gasteiger partial charge in [-0.25, -0.2) is 0 Å². The third kappa shape index (κ3) is 5.90. The van der Waals surface area contributed by atoms with Crippen LogP contribution in [0.2, 0.25) is 0 Å². The molecule has 3 amide bonds. The molecule has 2 heterocycles. The van der Waals surface area contributed by atoms with Crippen molar-refractivity contribution in [2.45, 2.75) is 44.8 Å². The van der Waals surface area contributed by atoms with Crippen molar-refractivity contribution < 1.29 is 28.7 Å². The Hall–Kier alpha value is -4.08. The fraction of sp³-hybridized carbons (Fsp3) is 0.467. The molecule has 0 radical (unpaired) electrons. The summed E-state index contributed by atoms with van der Waals surface area (Å²) < 4.78 is 10.6. The molecule has 2 aromatic carbocycles. The van der Waals surface area contributed by atoms with Crippen LogP contribution in [0.5, 0.6) is 11.5 Å². The lowest BCUT2D eigenvalue weighted by Gasteiger charge is -2.29. The quantitative estimate of drug-likeness (QED) is 0.511. The molecule has 0 spiro atoms. The number of hydrogen-bond donors (Lipinski definition) is 1. The molecule has 3 atom stereocenters. The molecule has 1 N–H and O–H groups in total. The molecule has 10 heteroatoms. The van der Waals surface area contributed by atoms with Gasteiger partial charge in [0.15, 0.2) is 5.78 Å². The first kappa shape index (κ1) is 28.9. The molecule has 2 saturated heterocycles. The van der Waals surface area contributed by atoms with Crippen LogP contribution in [0, 0.1) is 5.92 Å². The van der Waals surface area contributed by atoms with Crippen LogP contribution in [0.4, 0.5) is 5.69 Å². The molecule has 2 aliphatic heterocycles. The molecule has 3 unspecified atom stereocenters. The van der Waals surface area contributed by atoms with Crippen molar-refractivity contribution >= 4 is 29.2 Å². The second kappa shape index (κ2) is 12.0. The van der Waals surface area contributed by atoms with E-state index in [2.05, 4.69) is 5.32 Å². The van der Waals surface area contributed by atoms with Crippen LogP contribution in [0.3, 0.4) is 0 Å². The maximum Gasteiger partial charge on any atom is 0.254 e. The van der Waals surface area contributed by atoms with E-state index in [1.807, 2.05) is 45.0 Å². The molecule has 0 aliphatic carbocycles. The summed E-state index contributed by atoms with van der Waals surface area (Å²) in [6.45, 7) is 4.20. The number of nitrogens with one attached hydrogen (secondary N) is 1. The maximum atomic E-state index is 13.8. The summed E-state index contributed by atoms with van der Waals surface area (Å²) in [5.74, 6) is -0.0855. The van der Waals surface area contributed by atoms with Gasteiger partial charge in [-0.3, -0.25) is 19.2 Å². The van der Waals surface area contributed by atoms with Gasteiger partial charge in [0, 0.05) is 43.5 Å². The molecular weight excluding hydrogens is 512 g/mol. The minimum absolute atomic E-state index is 0.0864. The number of anilines is 1. The Morgan fingerprint density at radius 1 is 0.975 bits per heavy atom. The first-order valence-electron chi connectivity index (χ1n) is 13.5. The van der Waals surface area contributed by atoms with E-state index in [1.165, 1.54) is 19.1 Å². The molecule has 2 fully saturated rings. The number of hydrogen-bond acceptors (Lipinski definition) is 7. The number of amides is 3. The van der Waals surface area contributed by atoms with Gasteiger partial charge in [-0.1, -0.05) is 13.8 Å². The topological polar surface area (TPSA) is 108 Å². The van der Waals surface area contributed by atoms with Crippen molar-refractivity contribution in [2.24, 2.45) is 5.92 Å². The average molecular weight is 551 g/mol. The van der Waals surface area contributed by atoms with Crippen LogP contribution in [0.15, 0.2) is 42.5 Å². The first-order chi connectivity index (χ1) is 19.0. The number of ether oxygens (including phenoxy) is 2. The minimum Gasteiger partial charge on any atom is -0.497 e. The lowest BCUT2D eigenvalue weighted by atomic mass is 10.0. The average Bonchev–Trinajstić information content (AvgIpc) is 3.52. The molecule has 40 heavy (non-hydrogen) atoms. The van der Waals surface area contributed by atoms with E-state index in [0.29, 0.717) is 42.0 Å². The molecule has 4 rings (SSSR count). The van der Waals surface area contributed by atoms with E-state index in [0.717, 1.165) is 5.69 Å². The van der Waals surface area contributed by atoms with E-state index >= 15 is 0 Å². The van der Waals surface area contributed by atoms with Crippen molar-refractivity contribution in [1.82, 2.24) is 15.1 Å². The van der Waals surface area contributed by atoms with Crippen LogP contribution < -0.4 is 19.7 Å². The number of carbonyl (C=O) groups excluding carboxylic acids is 4. The largest absolute Gasteiger partial charge is 0.497 e. The monoisotopic (exact) mass is 550 g/mol. The van der Waals surface area contributed by atoms with E-state index in [1.54, 1.807) is 35.2 Å². The van der Waals surface area contributed by atoms with E-state index < -0.39 is 18.1 Å². The highest BCUT2D eigenvalue weighted by Crippen LogP contribution is 2.33. The Morgan fingerprint density at radius 3 is 2.15 bits per heavy atom. The Kier molecular flexibility index (Phi) is 8.66. The summed E-state index contributed by atoms with van der Waals surface area (Å²) in [6.07, 6.45) is 0.901. The van der Waals surface area contributed by atoms with Crippen LogP contribution in [-0.2, 0) is 9.59 Å². The third-order valence-electron chi connectivity index (χ3n) is 7.52. The van der Waals surface area contributed by atoms with E-state index in [4.69, 9.17) is 9.47 Å². The van der Waals surface area contributed by atoms with Crippen molar-refractivity contribution in [3.8, 4) is 11.5 Å². The highest BCUT2D eigenvalue weighted by atomic mass is 16.5. The lowest BCUT2D eigenvalue weighted by molar-refractivity contribution is -0.138. The summed E-state index contributed by atoms with van der Waals surface area (Å²) in [5.41, 5.74) is 1.76. The number of ketones is 1. The van der Waals surface area contributed by atoms with Gasteiger partial charge in [-0.2, -0.15) is 0 Å². The number of Topliss-reactive ketones (excluding diaryl/α,β-unsaturated/α-hetero) is 1. The zero-order valence-electron chi connectivity index (χ0n) is 24.0. The Bertz CT molecular complexity index is 1250. The summed E-state index contributed by atoms with van der Waals surface area (Å²) in [7, 11) is 6.85. The van der Waals surface area contributed by atoms with Gasteiger partial charge in [-0.05, 0) is 55.2 Å². The van der Waals surface area contributed by atoms with Gasteiger partial charge < -0.3 is 29.5 Å². The Morgan fingerprint density at radius 2 is 1.60 bits per heavy atom. The minimum atomic E-state index is -0.792. The van der Waals surface area contributed by atoms with Crippen LogP contribution in [0.1, 0.15) is 47.4 Å². The fourth-order valence-corrected chi connectivity index (χ4v) is 5.48. The van der Waals surface area contributed by atoms with Gasteiger partial charge in [0.25, 0.3) is 11.8 Å². The van der Waals surface area contributed by atoms with Crippen LogP contribution in [0.25, 0.3) is 0 Å². The van der Waals surface area contributed by atoms with Crippen molar-refractivity contribution in [3.05, 3.63) is 53.6 Å². The summed E-state index contributed by atoms with van der Waals surface area (Å²) in [4.78, 5) is 58.6. The smallest absolute Gasteiger partial charge is 0.254 e. The summed E-state index contributed by atoms with van der Waals surface area (Å²) >= 11 is 0. The SMILES string of the molecule is COc1cc(OC)cc(C(=O)N2CC(=O)C3C2CCN3C(=O)C(CC(C)C)NC(=O)c2ccc(N(C)C)cc2)c1. The van der Waals surface area contributed by atoms with E-state index in [9.17, 15) is 19.2 Å². The number of benzene rings is 2. The standard InChI is InChI=1S/C30H38N4O6/c1-18(2)13-24(31-28(36)19-7-9-21(10-8-19)32(3)4)30(38)33-12-11-25-27(33)26(35)17-34(25)29(37)20-14-22(39-5)16-23(15-20)40-6/h7-10,14-16,18,24-25,27H,11-13,17H2,1-6H3,(H,31,36). The third-order valence-corrected chi connectivity index (χ3v) is 7.52. The summed E-state index contributed by atoms with van der Waals surface area (Å²) in [5, 5.41) is 2.91. The molecule has 0 aromatic heterocycles. The van der Waals surface area contributed by atoms with Gasteiger partial charge in [0.2, 0.25) is 5.91 Å². The lowest BCUT2D eigenvalue weighted by Crippen LogP contribution is -2.53. The first-order valence-corrected chi connectivity index (χ1v) is 13.5. The predicted octanol–water partition coefficient (Wildman–Crippen LogP) is 2.61. The van der Waals surface area contributed by atoms with Gasteiger partial charge in [-0.15, -0.1) is 0 Å².